The van der Waals surface area contributed by atoms with Gasteiger partial charge in [-0.3, -0.25) is 0 Å². The number of aromatic nitrogens is 2. The van der Waals surface area contributed by atoms with Crippen LogP contribution < -0.4 is 4.90 Å². The molecule has 7 heteroatoms. The quantitative estimate of drug-likeness (QED) is 0.778. The predicted molar refractivity (Wildman–Crippen MR) is 63.2 cm³/mol. The molecular formula is C11H13N5O2. The number of hydrogen-bond acceptors (Lipinski definition) is 5. The standard InChI is InChI=1S/C11H13N5O2/c1-8-7-15(2-3-16(8)11(17)18)10-13-5-9(4-12)6-14-10/h5-6,8H,2-3,7H2,1H3,(H,17,18). The van der Waals surface area contributed by atoms with Crippen molar-refractivity contribution in [2.24, 2.45) is 0 Å². The molecule has 0 aromatic carbocycles. The highest BCUT2D eigenvalue weighted by Crippen LogP contribution is 2.14. The summed E-state index contributed by atoms with van der Waals surface area (Å²) in [6.07, 6.45) is 2.04. The van der Waals surface area contributed by atoms with Crippen molar-refractivity contribution in [1.82, 2.24) is 14.9 Å². The highest BCUT2D eigenvalue weighted by atomic mass is 16.4. The van der Waals surface area contributed by atoms with E-state index >= 15 is 0 Å². The van der Waals surface area contributed by atoms with Gasteiger partial charge < -0.3 is 14.9 Å². The largest absolute Gasteiger partial charge is 0.465 e. The fraction of sp³-hybridized carbons (Fsp3) is 0.455. The van der Waals surface area contributed by atoms with Gasteiger partial charge in [0, 0.05) is 25.7 Å². The summed E-state index contributed by atoms with van der Waals surface area (Å²) >= 11 is 0. The summed E-state index contributed by atoms with van der Waals surface area (Å²) in [5.41, 5.74) is 0.413. The molecule has 0 bridgehead atoms. The molecule has 1 N–H and O–H groups in total. The molecule has 2 rings (SSSR count). The van der Waals surface area contributed by atoms with Crippen molar-refractivity contribution in [1.29, 1.82) is 5.26 Å². The van der Waals surface area contributed by atoms with E-state index in [1.807, 2.05) is 17.9 Å². The van der Waals surface area contributed by atoms with Crippen molar-refractivity contribution < 1.29 is 9.90 Å². The van der Waals surface area contributed by atoms with Crippen molar-refractivity contribution in [3.63, 3.8) is 0 Å². The van der Waals surface area contributed by atoms with E-state index in [0.717, 1.165) is 0 Å². The molecule has 1 aliphatic rings. The molecule has 1 amide bonds. The molecule has 0 aliphatic carbocycles. The van der Waals surface area contributed by atoms with Gasteiger partial charge in [-0.15, -0.1) is 0 Å². The third kappa shape index (κ3) is 2.32. The molecule has 1 unspecified atom stereocenters. The van der Waals surface area contributed by atoms with E-state index in [1.165, 1.54) is 17.3 Å². The maximum Gasteiger partial charge on any atom is 0.407 e. The minimum atomic E-state index is -0.900. The molecule has 1 atom stereocenters. The summed E-state index contributed by atoms with van der Waals surface area (Å²) < 4.78 is 0. The van der Waals surface area contributed by atoms with Gasteiger partial charge in [0.25, 0.3) is 0 Å². The van der Waals surface area contributed by atoms with Crippen LogP contribution in [-0.2, 0) is 0 Å². The Morgan fingerprint density at radius 2 is 2.17 bits per heavy atom. The number of carboxylic acid groups (broad SMARTS) is 1. The van der Waals surface area contributed by atoms with Crippen LogP contribution in [0.4, 0.5) is 10.7 Å². The lowest BCUT2D eigenvalue weighted by Crippen LogP contribution is -2.54. The molecule has 0 radical (unpaired) electrons. The zero-order valence-electron chi connectivity index (χ0n) is 9.94. The Bertz CT molecular complexity index is 481. The first-order chi connectivity index (χ1) is 8.61. The topological polar surface area (TPSA) is 93.4 Å². The van der Waals surface area contributed by atoms with E-state index in [1.54, 1.807) is 0 Å². The molecule has 1 aromatic heterocycles. The molecule has 2 heterocycles. The van der Waals surface area contributed by atoms with Gasteiger partial charge >= 0.3 is 6.09 Å². The fourth-order valence-electron chi connectivity index (χ4n) is 1.97. The number of carbonyl (C=O) groups is 1. The predicted octanol–water partition coefficient (Wildman–Crippen LogP) is 0.537. The lowest BCUT2D eigenvalue weighted by molar-refractivity contribution is 0.122. The third-order valence-corrected chi connectivity index (χ3v) is 2.92. The van der Waals surface area contributed by atoms with Crippen LogP contribution in [0.15, 0.2) is 12.4 Å². The molecular weight excluding hydrogens is 234 g/mol. The number of hydrogen-bond donors (Lipinski definition) is 1. The summed E-state index contributed by atoms with van der Waals surface area (Å²) in [7, 11) is 0. The number of nitrogens with zero attached hydrogens (tertiary/aromatic N) is 5. The first kappa shape index (κ1) is 12.1. The van der Waals surface area contributed by atoms with Crippen molar-refractivity contribution in [3.8, 4) is 6.07 Å². The van der Waals surface area contributed by atoms with Crippen LogP contribution in [0.25, 0.3) is 0 Å². The highest BCUT2D eigenvalue weighted by molar-refractivity contribution is 5.66. The monoisotopic (exact) mass is 247 g/mol. The molecule has 1 aromatic rings. The van der Waals surface area contributed by atoms with Gasteiger partial charge in [-0.25, -0.2) is 14.8 Å². The highest BCUT2D eigenvalue weighted by Gasteiger charge is 2.28. The number of nitriles is 1. The molecule has 0 spiro atoms. The zero-order valence-corrected chi connectivity index (χ0v) is 9.94. The van der Waals surface area contributed by atoms with Crippen LogP contribution in [0.1, 0.15) is 12.5 Å². The van der Waals surface area contributed by atoms with E-state index in [-0.39, 0.29) is 6.04 Å². The van der Waals surface area contributed by atoms with Gasteiger partial charge in [-0.05, 0) is 6.92 Å². The maximum absolute atomic E-state index is 10.9. The molecule has 1 fully saturated rings. The van der Waals surface area contributed by atoms with Crippen LogP contribution in [-0.4, -0.2) is 51.7 Å². The fourth-order valence-corrected chi connectivity index (χ4v) is 1.97. The Hall–Kier alpha value is -2.36. The number of amides is 1. The van der Waals surface area contributed by atoms with Crippen molar-refractivity contribution in [3.05, 3.63) is 18.0 Å². The van der Waals surface area contributed by atoms with Crippen LogP contribution in [0, 0.1) is 11.3 Å². The molecule has 1 saturated heterocycles. The van der Waals surface area contributed by atoms with Crippen LogP contribution in [0.5, 0.6) is 0 Å². The van der Waals surface area contributed by atoms with Gasteiger partial charge in [0.15, 0.2) is 0 Å². The number of rotatable bonds is 1. The van der Waals surface area contributed by atoms with E-state index in [2.05, 4.69) is 9.97 Å². The van der Waals surface area contributed by atoms with Crippen LogP contribution in [0.3, 0.4) is 0 Å². The summed E-state index contributed by atoms with van der Waals surface area (Å²) in [6, 6.07) is 1.86. The van der Waals surface area contributed by atoms with Gasteiger partial charge in [-0.1, -0.05) is 0 Å². The molecule has 94 valence electrons. The molecule has 18 heavy (non-hydrogen) atoms. The number of piperazine rings is 1. The Morgan fingerprint density at radius 3 is 2.67 bits per heavy atom. The number of anilines is 1. The Balaban J connectivity index is 2.08. The lowest BCUT2D eigenvalue weighted by atomic mass is 10.2. The molecule has 7 nitrogen and oxygen atoms in total. The average Bonchev–Trinajstić information content (AvgIpc) is 2.38. The molecule has 0 saturated carbocycles. The minimum absolute atomic E-state index is 0.101. The Morgan fingerprint density at radius 1 is 1.50 bits per heavy atom. The molecule has 1 aliphatic heterocycles. The van der Waals surface area contributed by atoms with Crippen LogP contribution in [0.2, 0.25) is 0 Å². The van der Waals surface area contributed by atoms with Gasteiger partial charge in [0.1, 0.15) is 6.07 Å². The SMILES string of the molecule is CC1CN(c2ncc(C#N)cn2)CCN1C(=O)O. The third-order valence-electron chi connectivity index (χ3n) is 2.92. The van der Waals surface area contributed by atoms with E-state index in [0.29, 0.717) is 31.1 Å². The van der Waals surface area contributed by atoms with Crippen molar-refractivity contribution in [2.75, 3.05) is 24.5 Å². The Labute approximate surface area is 104 Å². The summed E-state index contributed by atoms with van der Waals surface area (Å²) in [5.74, 6) is 0.533. The van der Waals surface area contributed by atoms with Crippen molar-refractivity contribution in [2.45, 2.75) is 13.0 Å². The van der Waals surface area contributed by atoms with E-state index in [4.69, 9.17) is 10.4 Å². The van der Waals surface area contributed by atoms with Gasteiger partial charge in [0.2, 0.25) is 5.95 Å². The summed E-state index contributed by atoms with van der Waals surface area (Å²) in [6.45, 7) is 3.39. The normalized spacial score (nSPS) is 19.4. The summed E-state index contributed by atoms with van der Waals surface area (Å²) in [5, 5.41) is 17.6. The second-order valence-corrected chi connectivity index (χ2v) is 4.15. The smallest absolute Gasteiger partial charge is 0.407 e. The van der Waals surface area contributed by atoms with E-state index in [9.17, 15) is 4.79 Å². The summed E-state index contributed by atoms with van der Waals surface area (Å²) in [4.78, 5) is 22.5. The minimum Gasteiger partial charge on any atom is -0.465 e. The lowest BCUT2D eigenvalue weighted by Gasteiger charge is -2.38. The first-order valence-corrected chi connectivity index (χ1v) is 5.58. The Kier molecular flexibility index (Phi) is 3.28. The second kappa shape index (κ2) is 4.87. The van der Waals surface area contributed by atoms with Gasteiger partial charge in [-0.2, -0.15) is 5.26 Å². The second-order valence-electron chi connectivity index (χ2n) is 4.15. The van der Waals surface area contributed by atoms with Crippen LogP contribution >= 0.6 is 0 Å². The van der Waals surface area contributed by atoms with Gasteiger partial charge in [0.05, 0.1) is 18.0 Å². The maximum atomic E-state index is 10.9. The average molecular weight is 247 g/mol. The van der Waals surface area contributed by atoms with Crippen molar-refractivity contribution >= 4 is 12.0 Å². The van der Waals surface area contributed by atoms with E-state index < -0.39 is 6.09 Å². The zero-order chi connectivity index (χ0) is 13.1. The first-order valence-electron chi connectivity index (χ1n) is 5.58.